The van der Waals surface area contributed by atoms with Gasteiger partial charge in [0.05, 0.1) is 0 Å². The smallest absolute Gasteiger partial charge is 0.567 e. The van der Waals surface area contributed by atoms with Crippen molar-refractivity contribution in [3.8, 4) is 0 Å². The van der Waals surface area contributed by atoms with Crippen molar-refractivity contribution in [2.24, 2.45) is 0 Å². The number of hydrogen-bond acceptors (Lipinski definition) is 7. The molecular weight excluding hydrogens is 597 g/mol. The van der Waals surface area contributed by atoms with Crippen molar-refractivity contribution in [2.75, 3.05) is 0 Å². The first-order valence-corrected chi connectivity index (χ1v) is 14.3. The molecule has 0 bridgehead atoms. The van der Waals surface area contributed by atoms with Gasteiger partial charge in [-0.15, -0.1) is 9.79 Å². The zero-order chi connectivity index (χ0) is 29.5. The number of aromatic nitrogens is 4. The highest BCUT2D eigenvalue weighted by Crippen LogP contribution is 2.19. The fraction of sp³-hybridized carbons (Fsp3) is 0. The van der Waals surface area contributed by atoms with Crippen LogP contribution in [0.1, 0.15) is 0 Å². The Kier molecular flexibility index (Phi) is 15.8. The van der Waals surface area contributed by atoms with Crippen LogP contribution in [-0.2, 0) is 13.7 Å². The quantitative estimate of drug-likeness (QED) is 0.138. The van der Waals surface area contributed by atoms with Crippen LogP contribution in [0, 0.1) is 0 Å². The molecule has 212 valence electrons. The summed E-state index contributed by atoms with van der Waals surface area (Å²) in [6.45, 7) is 0. The van der Waals surface area contributed by atoms with Crippen LogP contribution in [0.15, 0.2) is 97.6 Å². The van der Waals surface area contributed by atoms with E-state index in [1.807, 2.05) is 49.1 Å². The first-order valence-electron chi connectivity index (χ1n) is 10.9. The molecule has 4 aromatic heterocycles. The number of nitrogens with zero attached hydrogens (tertiary/aromatic N) is 2. The number of hydrogen-bond donors (Lipinski definition) is 4. The Bertz CT molecular complexity index is 1500. The summed E-state index contributed by atoms with van der Waals surface area (Å²) in [4.78, 5) is 60.7. The highest BCUT2D eigenvalue weighted by molar-refractivity contribution is 7.30. The van der Waals surface area contributed by atoms with Crippen LogP contribution in [-0.4, -0.2) is 35.0 Å². The molecular formula is C24H24N4O10P3+3. The van der Waals surface area contributed by atoms with E-state index in [-0.39, 0.29) is 5.48 Å². The lowest BCUT2D eigenvalue weighted by atomic mass is 10.1. The van der Waals surface area contributed by atoms with Crippen molar-refractivity contribution in [2.45, 2.75) is 0 Å². The van der Waals surface area contributed by atoms with Crippen LogP contribution in [0.2, 0.25) is 0 Å². The van der Waals surface area contributed by atoms with Gasteiger partial charge in [0.2, 0.25) is 11.0 Å². The number of H-pyrrole nitrogens is 2. The second-order valence-electron chi connectivity index (χ2n) is 7.28. The lowest BCUT2D eigenvalue weighted by Crippen LogP contribution is -2.02. The number of benzene rings is 2. The Morgan fingerprint density at radius 2 is 0.854 bits per heavy atom. The van der Waals surface area contributed by atoms with Crippen molar-refractivity contribution in [3.63, 3.8) is 0 Å². The van der Waals surface area contributed by atoms with Gasteiger partial charge in [-0.1, -0.05) is 24.3 Å². The van der Waals surface area contributed by atoms with Gasteiger partial charge in [-0.05, 0) is 45.5 Å². The average Bonchev–Trinajstić information content (AvgIpc) is 2.92. The Morgan fingerprint density at radius 3 is 1.20 bits per heavy atom. The minimum Gasteiger partial charge on any atom is -0.567 e. The summed E-state index contributed by atoms with van der Waals surface area (Å²) in [6, 6.07) is 24.6. The van der Waals surface area contributed by atoms with Gasteiger partial charge in [0.15, 0.2) is 12.4 Å². The molecule has 0 amide bonds. The molecule has 0 aliphatic heterocycles. The number of rotatable bonds is 0. The molecule has 0 aliphatic carbocycles. The number of aromatic amines is 2. The molecule has 0 saturated heterocycles. The summed E-state index contributed by atoms with van der Waals surface area (Å²) in [5.74, 6) is 0. The zero-order valence-corrected chi connectivity index (χ0v) is 23.5. The van der Waals surface area contributed by atoms with Crippen LogP contribution in [0.5, 0.6) is 0 Å². The molecule has 0 radical (unpaired) electrons. The van der Waals surface area contributed by atoms with Gasteiger partial charge in [0.25, 0.3) is 0 Å². The molecule has 41 heavy (non-hydrogen) atoms. The standard InChI is InChI=1S/2C12H8N2.3HO3P.H2O/c2*1-3-9-5-6-10-4-2-8-14-12(10)11(9)13-7-1;3*1-4(2)3;/h2*1-8H;(H-,1,2,3);2*(H,1,2,3);1H2/p+3. The van der Waals surface area contributed by atoms with Crippen molar-refractivity contribution in [3.05, 3.63) is 97.6 Å². The summed E-state index contributed by atoms with van der Waals surface area (Å²) >= 11 is 0. The van der Waals surface area contributed by atoms with Gasteiger partial charge in [-0.2, -0.15) is 9.79 Å². The normalized spacial score (nSPS) is 10.2. The summed E-state index contributed by atoms with van der Waals surface area (Å²) < 4.78 is 25.9. The summed E-state index contributed by atoms with van der Waals surface area (Å²) in [5, 5.41) is 4.72. The van der Waals surface area contributed by atoms with Crippen LogP contribution in [0.25, 0.3) is 43.6 Å². The van der Waals surface area contributed by atoms with E-state index in [1.54, 1.807) is 0 Å². The highest BCUT2D eigenvalue weighted by Gasteiger charge is 2.06. The Balaban J connectivity index is 0.000000293. The van der Waals surface area contributed by atoms with Crippen molar-refractivity contribution >= 4 is 68.4 Å². The number of nitrogens with one attached hydrogen (secondary N) is 2. The largest absolute Gasteiger partial charge is 0.692 e. The van der Waals surface area contributed by atoms with E-state index in [4.69, 9.17) is 43.1 Å². The second-order valence-corrected chi connectivity index (χ2v) is 8.74. The first kappa shape index (κ1) is 35.1. The van der Waals surface area contributed by atoms with Crippen molar-refractivity contribution in [1.29, 1.82) is 0 Å². The van der Waals surface area contributed by atoms with Crippen LogP contribution in [0.3, 0.4) is 0 Å². The highest BCUT2D eigenvalue weighted by atomic mass is 31.1. The van der Waals surface area contributed by atoms with Crippen molar-refractivity contribution < 1.29 is 58.5 Å². The Hall–Kier alpha value is -3.90. The van der Waals surface area contributed by atoms with Gasteiger partial charge in [-0.25, -0.2) is 19.9 Å². The lowest BCUT2D eigenvalue weighted by molar-refractivity contribution is -0.343. The molecule has 0 aliphatic rings. The van der Waals surface area contributed by atoms with Gasteiger partial charge < -0.3 is 15.3 Å². The van der Waals surface area contributed by atoms with E-state index < -0.39 is 24.8 Å². The SMILES string of the molecule is O.O=[P+](O)O.O=[P+]([O-])O.O=[P+]([O-])O.c1cnc2c(c1)ccc1ccc[nH+]c12.c1cnc2c(c1)ccc1ccc[nH+]c12. The topological polar surface area (TPSA) is 264 Å². The van der Waals surface area contributed by atoms with E-state index in [0.717, 1.165) is 22.1 Å². The average molecular weight is 621 g/mol. The van der Waals surface area contributed by atoms with E-state index in [0.29, 0.717) is 0 Å². The van der Waals surface area contributed by atoms with Crippen molar-refractivity contribution in [1.82, 2.24) is 9.97 Å². The molecule has 0 spiro atoms. The lowest BCUT2D eigenvalue weighted by Gasteiger charge is -1.96. The number of pyridine rings is 4. The second kappa shape index (κ2) is 18.4. The maximum absolute atomic E-state index is 8.70. The third kappa shape index (κ3) is 12.4. The van der Waals surface area contributed by atoms with E-state index >= 15 is 0 Å². The maximum Gasteiger partial charge on any atom is 0.692 e. The molecule has 14 nitrogen and oxygen atoms in total. The minimum atomic E-state index is -3.12. The van der Waals surface area contributed by atoms with Gasteiger partial charge in [0, 0.05) is 50.6 Å². The van der Waals surface area contributed by atoms with E-state index in [1.165, 1.54) is 21.5 Å². The van der Waals surface area contributed by atoms with Gasteiger partial charge in [-0.3, -0.25) is 0 Å². The first-order chi connectivity index (χ1) is 19.1. The molecule has 2 unspecified atom stereocenters. The van der Waals surface area contributed by atoms with E-state index in [9.17, 15) is 0 Å². The molecule has 2 aromatic carbocycles. The predicted octanol–water partition coefficient (Wildman–Crippen LogP) is 1.20. The summed E-state index contributed by atoms with van der Waals surface area (Å²) in [6.07, 6.45) is 7.50. The van der Waals surface area contributed by atoms with Crippen LogP contribution in [0.4, 0.5) is 0 Å². The third-order valence-corrected chi connectivity index (χ3v) is 4.81. The zero-order valence-electron chi connectivity index (χ0n) is 20.8. The molecule has 6 aromatic rings. The van der Waals surface area contributed by atoms with Crippen LogP contribution < -0.4 is 19.8 Å². The summed E-state index contributed by atoms with van der Waals surface area (Å²) in [5.41, 5.74) is 4.27. The number of fused-ring (bicyclic) bond motifs is 6. The Labute approximate surface area is 234 Å². The Morgan fingerprint density at radius 1 is 0.561 bits per heavy atom. The monoisotopic (exact) mass is 621 g/mol. The third-order valence-electron chi connectivity index (χ3n) is 4.81. The minimum absolute atomic E-state index is 0. The van der Waals surface area contributed by atoms with Gasteiger partial charge in [0.1, 0.15) is 11.0 Å². The molecule has 0 fully saturated rings. The molecule has 8 N–H and O–H groups in total. The molecule has 2 atom stereocenters. The maximum atomic E-state index is 8.70. The van der Waals surface area contributed by atoms with E-state index in [2.05, 4.69) is 68.5 Å². The van der Waals surface area contributed by atoms with Gasteiger partial charge >= 0.3 is 24.8 Å². The fourth-order valence-electron chi connectivity index (χ4n) is 3.47. The molecule has 4 heterocycles. The molecule has 0 saturated carbocycles. The van der Waals surface area contributed by atoms with Crippen LogP contribution >= 0.6 is 24.8 Å². The predicted molar refractivity (Wildman–Crippen MR) is 147 cm³/mol. The molecule has 17 heteroatoms. The summed E-state index contributed by atoms with van der Waals surface area (Å²) in [7, 11) is -9.11. The fourth-order valence-corrected chi connectivity index (χ4v) is 3.47. The molecule has 6 rings (SSSR count).